The highest BCUT2D eigenvalue weighted by Gasteiger charge is 2.44. The second-order valence-electron chi connectivity index (χ2n) is 15.7. The van der Waals surface area contributed by atoms with Crippen molar-refractivity contribution in [1.82, 2.24) is 29.1 Å². The van der Waals surface area contributed by atoms with E-state index in [0.29, 0.717) is 25.2 Å². The molecule has 0 unspecified atom stereocenters. The van der Waals surface area contributed by atoms with Gasteiger partial charge in [0.25, 0.3) is 0 Å². The van der Waals surface area contributed by atoms with Gasteiger partial charge in [-0.2, -0.15) is 10.2 Å². The molecule has 0 spiro atoms. The Bertz CT molecular complexity index is 2050. The van der Waals surface area contributed by atoms with E-state index in [2.05, 4.69) is 83.9 Å². The molecule has 2 fully saturated rings. The van der Waals surface area contributed by atoms with Crippen LogP contribution in [-0.4, -0.2) is 68.5 Å². The summed E-state index contributed by atoms with van der Waals surface area (Å²) in [5, 5.41) is 8.72. The fourth-order valence-electron chi connectivity index (χ4n) is 7.84. The minimum Gasteiger partial charge on any atom is -0.493 e. The Hall–Kier alpha value is -5.04. The summed E-state index contributed by atoms with van der Waals surface area (Å²) in [6, 6.07) is 19.9. The van der Waals surface area contributed by atoms with Gasteiger partial charge < -0.3 is 19.3 Å². The van der Waals surface area contributed by atoms with Crippen LogP contribution in [0.15, 0.2) is 90.5 Å². The normalized spacial score (nSPS) is 20.3. The molecule has 0 bridgehead atoms. The van der Waals surface area contributed by atoms with Crippen LogP contribution in [0.5, 0.6) is 5.75 Å². The first-order valence-electron chi connectivity index (χ1n) is 18.9. The highest BCUT2D eigenvalue weighted by Crippen LogP contribution is 2.42. The van der Waals surface area contributed by atoms with Gasteiger partial charge in [0.05, 0.1) is 31.5 Å². The van der Waals surface area contributed by atoms with Crippen LogP contribution in [0.4, 0.5) is 20.2 Å². The van der Waals surface area contributed by atoms with Crippen LogP contribution in [0.1, 0.15) is 59.1 Å². The van der Waals surface area contributed by atoms with Gasteiger partial charge in [-0.25, -0.2) is 32.5 Å². The van der Waals surface area contributed by atoms with Gasteiger partial charge in [0.15, 0.2) is 0 Å². The van der Waals surface area contributed by atoms with Crippen molar-refractivity contribution in [2.45, 2.75) is 65.6 Å². The Morgan fingerprint density at radius 1 is 0.907 bits per heavy atom. The summed E-state index contributed by atoms with van der Waals surface area (Å²) in [5.74, 6) is -0.244. The molecule has 11 nitrogen and oxygen atoms in total. The molecule has 4 atom stereocenters. The molecule has 0 radical (unpaired) electrons. The van der Waals surface area contributed by atoms with Crippen molar-refractivity contribution in [3.8, 4) is 11.4 Å². The minimum absolute atomic E-state index is 0.00544. The van der Waals surface area contributed by atoms with E-state index in [1.807, 2.05) is 24.3 Å². The molecule has 7 rings (SSSR count). The largest absolute Gasteiger partial charge is 0.493 e. The van der Waals surface area contributed by atoms with Gasteiger partial charge in [0.1, 0.15) is 42.0 Å². The molecule has 54 heavy (non-hydrogen) atoms. The van der Waals surface area contributed by atoms with Gasteiger partial charge in [-0.1, -0.05) is 40.7 Å². The number of hydrogen-bond donors (Lipinski definition) is 0. The van der Waals surface area contributed by atoms with Crippen molar-refractivity contribution in [2.24, 2.45) is 17.3 Å². The lowest BCUT2D eigenvalue weighted by atomic mass is 9.77. The second-order valence-corrected chi connectivity index (χ2v) is 15.7. The Morgan fingerprint density at radius 3 is 2.15 bits per heavy atom. The van der Waals surface area contributed by atoms with Gasteiger partial charge in [-0.15, -0.1) is 0 Å². The standard InChI is InChI=1S/C41H50F2N8O3/c1-6-38(29(2)40(3,4)5)51-39(52)50(28-46-51)34-10-8-32(9-11-34)47-17-19-48(20-18-47)33-12-14-35(15-13-33)53-23-30-22-41(54-24-30,25-49-27-44-26-45-49)36-16-7-31(42)21-37(36)43/h7-16,21,26-30,38H,6,17-20,22-25H2,1-5H3/t29-,30+,38-,41-/m0/s1. The number of halogens is 2. The van der Waals surface area contributed by atoms with Gasteiger partial charge in [0, 0.05) is 55.1 Å². The van der Waals surface area contributed by atoms with Gasteiger partial charge >= 0.3 is 5.69 Å². The maximum Gasteiger partial charge on any atom is 0.350 e. The first-order valence-corrected chi connectivity index (χ1v) is 18.9. The molecular weight excluding hydrogens is 691 g/mol. The predicted molar refractivity (Wildman–Crippen MR) is 204 cm³/mol. The molecule has 4 heterocycles. The quantitative estimate of drug-likeness (QED) is 0.137. The Balaban J connectivity index is 0.922. The van der Waals surface area contributed by atoms with Crippen molar-refractivity contribution in [2.75, 3.05) is 49.2 Å². The molecule has 2 aliphatic rings. The number of piperazine rings is 1. The van der Waals surface area contributed by atoms with E-state index in [1.54, 1.807) is 26.6 Å². The fourth-order valence-corrected chi connectivity index (χ4v) is 7.84. The molecule has 0 N–H and O–H groups in total. The highest BCUT2D eigenvalue weighted by atomic mass is 19.1. The van der Waals surface area contributed by atoms with Crippen LogP contribution in [-0.2, 0) is 16.9 Å². The Kier molecular flexibility index (Phi) is 10.6. The summed E-state index contributed by atoms with van der Waals surface area (Å²) in [6.45, 7) is 15.4. The maximum absolute atomic E-state index is 15.0. The molecule has 0 saturated carbocycles. The van der Waals surface area contributed by atoms with Crippen molar-refractivity contribution in [3.63, 3.8) is 0 Å². The molecule has 5 aromatic rings. The molecule has 0 aliphatic carbocycles. The van der Waals surface area contributed by atoms with Gasteiger partial charge in [-0.05, 0) is 78.8 Å². The topological polar surface area (TPSA) is 95.5 Å². The molecule has 0 amide bonds. The SMILES string of the molecule is CC[C@@H]([C@H](C)C(C)(C)C)n1ncn(-c2ccc(N3CCN(c4ccc(OC[C@@H]5CO[C@@](Cn6cncn6)(c6ccc(F)cc6F)C5)cc4)CC3)cc2)c1=O. The average Bonchev–Trinajstić information content (AvgIpc) is 3.92. The third kappa shape index (κ3) is 7.77. The molecule has 2 aliphatic heterocycles. The zero-order valence-electron chi connectivity index (χ0n) is 31.7. The molecule has 2 aromatic heterocycles. The summed E-state index contributed by atoms with van der Waals surface area (Å²) >= 11 is 0. The lowest BCUT2D eigenvalue weighted by Gasteiger charge is -2.37. The van der Waals surface area contributed by atoms with Gasteiger partial charge in [0.2, 0.25) is 0 Å². The highest BCUT2D eigenvalue weighted by molar-refractivity contribution is 5.54. The van der Waals surface area contributed by atoms with Crippen molar-refractivity contribution >= 4 is 11.4 Å². The number of ether oxygens (including phenoxy) is 2. The van der Waals surface area contributed by atoms with Crippen LogP contribution in [0, 0.1) is 28.9 Å². The minimum atomic E-state index is -1.01. The Morgan fingerprint density at radius 2 is 1.56 bits per heavy atom. The van der Waals surface area contributed by atoms with Gasteiger partial charge in [-0.3, -0.25) is 0 Å². The van der Waals surface area contributed by atoms with Crippen LogP contribution in [0.3, 0.4) is 0 Å². The average molecular weight is 741 g/mol. The molecular formula is C41H50F2N8O3. The van der Waals surface area contributed by atoms with E-state index in [-0.39, 0.29) is 35.5 Å². The Labute approximate surface area is 315 Å². The summed E-state index contributed by atoms with van der Waals surface area (Å²) in [5.41, 5.74) is 2.30. The van der Waals surface area contributed by atoms with E-state index < -0.39 is 17.2 Å². The summed E-state index contributed by atoms with van der Waals surface area (Å²) < 4.78 is 46.1. The predicted octanol–water partition coefficient (Wildman–Crippen LogP) is 6.87. The first kappa shape index (κ1) is 37.3. The van der Waals surface area contributed by atoms with E-state index in [1.165, 1.54) is 18.5 Å². The number of rotatable bonds is 12. The van der Waals surface area contributed by atoms with Crippen LogP contribution in [0.2, 0.25) is 0 Å². The van der Waals surface area contributed by atoms with Crippen LogP contribution in [0.25, 0.3) is 5.69 Å². The lowest BCUT2D eigenvalue weighted by molar-refractivity contribution is -0.0206. The van der Waals surface area contributed by atoms with Crippen molar-refractivity contribution in [1.29, 1.82) is 0 Å². The molecule has 13 heteroatoms. The van der Waals surface area contributed by atoms with E-state index in [4.69, 9.17) is 9.47 Å². The number of aromatic nitrogens is 6. The third-order valence-corrected chi connectivity index (χ3v) is 11.3. The van der Waals surface area contributed by atoms with E-state index >= 15 is 0 Å². The molecule has 3 aromatic carbocycles. The van der Waals surface area contributed by atoms with Crippen LogP contribution < -0.4 is 20.2 Å². The van der Waals surface area contributed by atoms with Crippen LogP contribution >= 0.6 is 0 Å². The summed E-state index contributed by atoms with van der Waals surface area (Å²) in [4.78, 5) is 22.2. The zero-order chi connectivity index (χ0) is 38.0. The lowest BCUT2D eigenvalue weighted by Crippen LogP contribution is -2.46. The molecule has 286 valence electrons. The number of hydrogen-bond acceptors (Lipinski definition) is 8. The molecule has 2 saturated heterocycles. The number of nitrogens with zero attached hydrogens (tertiary/aromatic N) is 8. The number of benzene rings is 3. The second kappa shape index (κ2) is 15.4. The van der Waals surface area contributed by atoms with Crippen molar-refractivity contribution < 1.29 is 18.3 Å². The van der Waals surface area contributed by atoms with E-state index in [0.717, 1.165) is 61.5 Å². The monoisotopic (exact) mass is 740 g/mol. The smallest absolute Gasteiger partial charge is 0.350 e. The zero-order valence-corrected chi connectivity index (χ0v) is 31.7. The fraction of sp³-hybridized carbons (Fsp3) is 0.463. The number of anilines is 2. The summed E-state index contributed by atoms with van der Waals surface area (Å²) in [7, 11) is 0. The third-order valence-electron chi connectivity index (χ3n) is 11.3. The maximum atomic E-state index is 15.0. The first-order chi connectivity index (χ1) is 25.9. The van der Waals surface area contributed by atoms with E-state index in [9.17, 15) is 13.6 Å². The van der Waals surface area contributed by atoms with Crippen molar-refractivity contribution in [3.05, 3.63) is 113 Å². The summed E-state index contributed by atoms with van der Waals surface area (Å²) in [6.07, 6.45) is 5.95.